The van der Waals surface area contributed by atoms with Crippen molar-refractivity contribution < 1.29 is 23.4 Å². The van der Waals surface area contributed by atoms with Gasteiger partial charge in [0.25, 0.3) is 16.7 Å². The molecule has 0 bridgehead atoms. The van der Waals surface area contributed by atoms with Crippen LogP contribution in [0.4, 0.5) is 10.1 Å². The van der Waals surface area contributed by atoms with Crippen LogP contribution in [0.5, 0.6) is 0 Å². The summed E-state index contributed by atoms with van der Waals surface area (Å²) in [6.07, 6.45) is 0. The lowest BCUT2D eigenvalue weighted by Gasteiger charge is -2.33. The third-order valence-electron chi connectivity index (χ3n) is 4.51. The van der Waals surface area contributed by atoms with E-state index in [0.717, 1.165) is 6.07 Å². The highest BCUT2D eigenvalue weighted by Crippen LogP contribution is 2.25. The molecule has 2 heterocycles. The van der Waals surface area contributed by atoms with Gasteiger partial charge >= 0.3 is 11.7 Å². The number of benzene rings is 1. The Morgan fingerprint density at radius 3 is 2.73 bits per heavy atom. The molecule has 140 valence electrons. The molecular formula is C17H21FN4O4. The van der Waals surface area contributed by atoms with Gasteiger partial charge in [-0.3, -0.25) is 0 Å². The van der Waals surface area contributed by atoms with Gasteiger partial charge in [-0.1, -0.05) is 0 Å². The number of hydrogen-bond donors (Lipinski definition) is 1. The maximum Gasteiger partial charge on any atom is 0.412 e. The average Bonchev–Trinajstić information content (AvgIpc) is 2.60. The molecular weight excluding hydrogens is 343 g/mol. The van der Waals surface area contributed by atoms with Crippen LogP contribution in [0.2, 0.25) is 0 Å². The van der Waals surface area contributed by atoms with Gasteiger partial charge in [-0.25, -0.2) is 9.18 Å². The van der Waals surface area contributed by atoms with Gasteiger partial charge in [-0.2, -0.15) is 4.73 Å². The molecule has 0 radical (unpaired) electrons. The fraction of sp³-hybridized carbons (Fsp3) is 0.471. The molecule has 3 rings (SSSR count). The Bertz CT molecular complexity index is 874. The van der Waals surface area contributed by atoms with Crippen molar-refractivity contribution in [3.63, 3.8) is 0 Å². The number of ether oxygens (including phenoxy) is 1. The van der Waals surface area contributed by atoms with E-state index >= 15 is 0 Å². The van der Waals surface area contributed by atoms with Crippen LogP contribution >= 0.6 is 0 Å². The van der Waals surface area contributed by atoms with Crippen molar-refractivity contribution in [1.82, 2.24) is 5.32 Å². The van der Waals surface area contributed by atoms with Crippen LogP contribution in [0.1, 0.15) is 30.0 Å². The first kappa shape index (κ1) is 18.1. The Morgan fingerprint density at radius 1 is 1.38 bits per heavy atom. The molecule has 1 aliphatic heterocycles. The Balaban J connectivity index is 2.18. The summed E-state index contributed by atoms with van der Waals surface area (Å²) in [5, 5.41) is 28.5. The van der Waals surface area contributed by atoms with Gasteiger partial charge in [0.05, 0.1) is 18.4 Å². The van der Waals surface area contributed by atoms with Crippen molar-refractivity contribution in [1.29, 1.82) is 0 Å². The number of nitrogens with one attached hydrogen (secondary N) is 1. The number of carbonyl (C=O) groups is 1. The van der Waals surface area contributed by atoms with E-state index in [4.69, 9.17) is 4.74 Å². The average molecular weight is 364 g/mol. The number of carbonyl (C=O) groups excluding carboxylic acids is 1. The van der Waals surface area contributed by atoms with Crippen molar-refractivity contribution >= 4 is 22.7 Å². The van der Waals surface area contributed by atoms with Gasteiger partial charge in [0, 0.05) is 38.7 Å². The molecule has 1 fully saturated rings. The van der Waals surface area contributed by atoms with E-state index in [0.29, 0.717) is 24.4 Å². The van der Waals surface area contributed by atoms with Gasteiger partial charge in [0.2, 0.25) is 0 Å². The summed E-state index contributed by atoms with van der Waals surface area (Å²) < 4.78 is 20.3. The standard InChI is InChI=1S/C17H21FN4O4/c1-4-26-17(23)16-11(3)21(24)15-8-13(12(18)7-14(15)22(16)25)20-6-5-19-10(2)9-20/h7-8,10,19H,4-6,9H2,1-3H3. The first-order chi connectivity index (χ1) is 12.3. The highest BCUT2D eigenvalue weighted by atomic mass is 19.1. The van der Waals surface area contributed by atoms with Crippen LogP contribution in [0.3, 0.4) is 0 Å². The molecule has 9 heteroatoms. The second kappa shape index (κ2) is 6.91. The molecule has 0 aliphatic carbocycles. The Labute approximate surface area is 149 Å². The Kier molecular flexibility index (Phi) is 4.82. The number of esters is 1. The van der Waals surface area contributed by atoms with Crippen LogP contribution in [0, 0.1) is 23.2 Å². The fourth-order valence-electron chi connectivity index (χ4n) is 3.23. The van der Waals surface area contributed by atoms with Gasteiger partial charge in [0.15, 0.2) is 5.82 Å². The Morgan fingerprint density at radius 2 is 2.08 bits per heavy atom. The van der Waals surface area contributed by atoms with E-state index in [1.807, 2.05) is 11.8 Å². The minimum atomic E-state index is -0.910. The first-order valence-corrected chi connectivity index (χ1v) is 8.49. The molecule has 1 aromatic carbocycles. The smallest absolute Gasteiger partial charge is 0.412 e. The van der Waals surface area contributed by atoms with Gasteiger partial charge in [-0.15, -0.1) is 4.73 Å². The quantitative estimate of drug-likeness (QED) is 0.485. The topological polar surface area (TPSA) is 95.4 Å². The van der Waals surface area contributed by atoms with Crippen LogP contribution in [0.25, 0.3) is 11.0 Å². The molecule has 1 N–H and O–H groups in total. The predicted molar refractivity (Wildman–Crippen MR) is 92.2 cm³/mol. The largest absolute Gasteiger partial charge is 0.618 e. The number of piperazine rings is 1. The molecule has 8 nitrogen and oxygen atoms in total. The van der Waals surface area contributed by atoms with Crippen LogP contribution < -0.4 is 19.7 Å². The normalized spacial score (nSPS) is 17.5. The summed E-state index contributed by atoms with van der Waals surface area (Å²) in [5.74, 6) is -1.53. The lowest BCUT2D eigenvalue weighted by molar-refractivity contribution is -0.635. The zero-order valence-electron chi connectivity index (χ0n) is 14.9. The molecule has 2 aromatic rings. The third kappa shape index (κ3) is 2.98. The lowest BCUT2D eigenvalue weighted by atomic mass is 10.1. The number of hydrogen-bond acceptors (Lipinski definition) is 6. The molecule has 0 amide bonds. The van der Waals surface area contributed by atoms with Crippen LogP contribution in [-0.2, 0) is 4.74 Å². The summed E-state index contributed by atoms with van der Waals surface area (Å²) in [4.78, 5) is 13.8. The maximum atomic E-state index is 14.7. The fourth-order valence-corrected chi connectivity index (χ4v) is 3.23. The second-order valence-electron chi connectivity index (χ2n) is 6.34. The molecule has 1 saturated heterocycles. The molecule has 0 saturated carbocycles. The van der Waals surface area contributed by atoms with Crippen LogP contribution in [0.15, 0.2) is 12.1 Å². The number of nitrogens with zero attached hydrogens (tertiary/aromatic N) is 3. The minimum Gasteiger partial charge on any atom is -0.618 e. The summed E-state index contributed by atoms with van der Waals surface area (Å²) in [6, 6.07) is 2.54. The molecule has 1 aromatic heterocycles. The number of anilines is 1. The number of aromatic nitrogens is 2. The van der Waals surface area contributed by atoms with Gasteiger partial charge in [-0.05, 0) is 13.8 Å². The minimum absolute atomic E-state index is 0.00753. The highest BCUT2D eigenvalue weighted by Gasteiger charge is 2.33. The van der Waals surface area contributed by atoms with Crippen molar-refractivity contribution in [2.75, 3.05) is 31.1 Å². The van der Waals surface area contributed by atoms with E-state index in [1.165, 1.54) is 13.0 Å². The highest BCUT2D eigenvalue weighted by molar-refractivity contribution is 5.87. The Hall–Kier alpha value is -2.68. The van der Waals surface area contributed by atoms with Gasteiger partial charge < -0.3 is 25.4 Å². The molecule has 1 aliphatic rings. The van der Waals surface area contributed by atoms with E-state index in [1.54, 1.807) is 6.92 Å². The van der Waals surface area contributed by atoms with Crippen molar-refractivity contribution in [2.24, 2.45) is 0 Å². The number of rotatable bonds is 3. The summed E-state index contributed by atoms with van der Waals surface area (Å²) in [6.45, 7) is 6.86. The summed E-state index contributed by atoms with van der Waals surface area (Å²) in [7, 11) is 0. The maximum absolute atomic E-state index is 14.7. The van der Waals surface area contributed by atoms with E-state index in [2.05, 4.69) is 5.32 Å². The second-order valence-corrected chi connectivity index (χ2v) is 6.34. The summed E-state index contributed by atoms with van der Waals surface area (Å²) >= 11 is 0. The molecule has 26 heavy (non-hydrogen) atoms. The SMILES string of the molecule is CCOC(=O)c1c(C)[n+]([O-])c2cc(N3CCNC(C)C3)c(F)cc2[n+]1[O-]. The van der Waals surface area contributed by atoms with Crippen molar-refractivity contribution in [3.05, 3.63) is 39.8 Å². The zero-order valence-corrected chi connectivity index (χ0v) is 14.9. The lowest BCUT2D eigenvalue weighted by Crippen LogP contribution is -2.50. The van der Waals surface area contributed by atoms with Crippen LogP contribution in [-0.4, -0.2) is 38.3 Å². The van der Waals surface area contributed by atoms with Crippen molar-refractivity contribution in [3.8, 4) is 0 Å². The van der Waals surface area contributed by atoms with E-state index < -0.39 is 17.5 Å². The van der Waals surface area contributed by atoms with Crippen molar-refractivity contribution in [2.45, 2.75) is 26.8 Å². The van der Waals surface area contributed by atoms with E-state index in [9.17, 15) is 19.6 Å². The number of fused-ring (bicyclic) bond motifs is 1. The predicted octanol–water partition coefficient (Wildman–Crippen LogP) is 0.529. The van der Waals surface area contributed by atoms with E-state index in [-0.39, 0.29) is 39.8 Å². The van der Waals surface area contributed by atoms with Gasteiger partial charge in [0.1, 0.15) is 0 Å². The third-order valence-corrected chi connectivity index (χ3v) is 4.51. The summed E-state index contributed by atoms with van der Waals surface area (Å²) in [5.41, 5.74) is -0.459. The monoisotopic (exact) mass is 364 g/mol. The zero-order chi connectivity index (χ0) is 19.0. The molecule has 1 atom stereocenters. The number of halogens is 1. The molecule has 0 spiro atoms. The first-order valence-electron chi connectivity index (χ1n) is 8.49. The molecule has 1 unspecified atom stereocenters.